The Bertz CT molecular complexity index is 693. The molecule has 1 amide bonds. The summed E-state index contributed by atoms with van der Waals surface area (Å²) in [6.45, 7) is 4.93. The molecule has 0 bridgehead atoms. The predicted molar refractivity (Wildman–Crippen MR) is 99.9 cm³/mol. The summed E-state index contributed by atoms with van der Waals surface area (Å²) in [6.07, 6.45) is 3.95. The zero-order valence-corrected chi connectivity index (χ0v) is 15.4. The monoisotopic (exact) mass is 364 g/mol. The fraction of sp³-hybridized carbons (Fsp3) is 0.444. The minimum Gasteiger partial charge on any atom is -0.497 e. The van der Waals surface area contributed by atoms with Crippen molar-refractivity contribution in [3.63, 3.8) is 0 Å². The Morgan fingerprint density at radius 3 is 2.60 bits per heavy atom. The molecule has 25 heavy (non-hydrogen) atoms. The number of hydrogen-bond acceptors (Lipinski definition) is 4. The Morgan fingerprint density at radius 1 is 1.28 bits per heavy atom. The molecule has 7 heteroatoms. The van der Waals surface area contributed by atoms with Crippen LogP contribution in [0.3, 0.4) is 0 Å². The van der Waals surface area contributed by atoms with Gasteiger partial charge in [0.25, 0.3) is 5.91 Å². The summed E-state index contributed by atoms with van der Waals surface area (Å²) in [5.41, 5.74) is 1.49. The summed E-state index contributed by atoms with van der Waals surface area (Å²) in [7, 11) is 1.63. The molecule has 1 aliphatic heterocycles. The SMILES string of the molecule is COc1ccc(-n2ccc(C(=O)NCC3(C)CCNCC3)n2)cc1.Cl. The van der Waals surface area contributed by atoms with E-state index >= 15 is 0 Å². The van der Waals surface area contributed by atoms with E-state index in [0.717, 1.165) is 37.4 Å². The smallest absolute Gasteiger partial charge is 0.271 e. The summed E-state index contributed by atoms with van der Waals surface area (Å²) in [4.78, 5) is 12.4. The second-order valence-electron chi connectivity index (χ2n) is 6.59. The molecule has 1 aromatic heterocycles. The molecule has 1 aromatic carbocycles. The first-order chi connectivity index (χ1) is 11.6. The maximum Gasteiger partial charge on any atom is 0.271 e. The largest absolute Gasteiger partial charge is 0.497 e. The Hall–Kier alpha value is -2.05. The van der Waals surface area contributed by atoms with Crippen LogP contribution in [0.4, 0.5) is 0 Å². The molecule has 0 atom stereocenters. The number of piperidine rings is 1. The van der Waals surface area contributed by atoms with Crippen molar-refractivity contribution in [2.24, 2.45) is 5.41 Å². The number of carbonyl (C=O) groups excluding carboxylic acids is 1. The van der Waals surface area contributed by atoms with Crippen molar-refractivity contribution >= 4 is 18.3 Å². The molecule has 2 heterocycles. The van der Waals surface area contributed by atoms with E-state index in [1.165, 1.54) is 0 Å². The molecular formula is C18H25ClN4O2. The van der Waals surface area contributed by atoms with E-state index in [2.05, 4.69) is 22.7 Å². The number of amides is 1. The molecule has 0 saturated carbocycles. The number of halogens is 1. The lowest BCUT2D eigenvalue weighted by Crippen LogP contribution is -2.43. The molecule has 3 rings (SSSR count). The van der Waals surface area contributed by atoms with Crippen LogP contribution in [0.25, 0.3) is 5.69 Å². The van der Waals surface area contributed by atoms with E-state index in [-0.39, 0.29) is 23.7 Å². The molecule has 0 spiro atoms. The zero-order valence-electron chi connectivity index (χ0n) is 14.6. The van der Waals surface area contributed by atoms with Crippen LogP contribution in [-0.4, -0.2) is 42.4 Å². The number of ether oxygens (including phenoxy) is 1. The first-order valence-corrected chi connectivity index (χ1v) is 8.29. The van der Waals surface area contributed by atoms with Gasteiger partial charge in [0.2, 0.25) is 0 Å². The number of aromatic nitrogens is 2. The van der Waals surface area contributed by atoms with Crippen molar-refractivity contribution in [2.45, 2.75) is 19.8 Å². The van der Waals surface area contributed by atoms with Gasteiger partial charge in [-0.1, -0.05) is 6.92 Å². The third-order valence-corrected chi connectivity index (χ3v) is 4.65. The van der Waals surface area contributed by atoms with E-state index in [1.54, 1.807) is 24.1 Å². The molecule has 1 aliphatic rings. The maximum absolute atomic E-state index is 12.4. The normalized spacial score (nSPS) is 15.9. The first-order valence-electron chi connectivity index (χ1n) is 8.29. The second-order valence-corrected chi connectivity index (χ2v) is 6.59. The molecule has 2 N–H and O–H groups in total. The summed E-state index contributed by atoms with van der Waals surface area (Å²) in [5, 5.41) is 10.8. The molecule has 0 radical (unpaired) electrons. The zero-order chi connectivity index (χ0) is 17.0. The van der Waals surface area contributed by atoms with Crippen molar-refractivity contribution < 1.29 is 9.53 Å². The second kappa shape index (κ2) is 8.36. The molecule has 1 fully saturated rings. The fourth-order valence-corrected chi connectivity index (χ4v) is 2.92. The summed E-state index contributed by atoms with van der Waals surface area (Å²) >= 11 is 0. The number of nitrogens with one attached hydrogen (secondary N) is 2. The number of rotatable bonds is 5. The van der Waals surface area contributed by atoms with Crippen LogP contribution in [-0.2, 0) is 0 Å². The van der Waals surface area contributed by atoms with Crippen LogP contribution >= 0.6 is 12.4 Å². The van der Waals surface area contributed by atoms with E-state index < -0.39 is 0 Å². The van der Waals surface area contributed by atoms with Gasteiger partial charge in [-0.25, -0.2) is 4.68 Å². The van der Waals surface area contributed by atoms with E-state index in [9.17, 15) is 4.79 Å². The van der Waals surface area contributed by atoms with E-state index in [0.29, 0.717) is 12.2 Å². The van der Waals surface area contributed by atoms with Gasteiger partial charge >= 0.3 is 0 Å². The maximum atomic E-state index is 12.4. The molecule has 2 aromatic rings. The van der Waals surface area contributed by atoms with Crippen molar-refractivity contribution in [3.05, 3.63) is 42.2 Å². The Morgan fingerprint density at radius 2 is 1.96 bits per heavy atom. The first kappa shape index (κ1) is 19.3. The highest BCUT2D eigenvalue weighted by molar-refractivity contribution is 5.92. The molecular weight excluding hydrogens is 340 g/mol. The number of benzene rings is 1. The van der Waals surface area contributed by atoms with Crippen LogP contribution in [0.5, 0.6) is 5.75 Å². The summed E-state index contributed by atoms with van der Waals surface area (Å²) in [5.74, 6) is 0.668. The highest BCUT2D eigenvalue weighted by Crippen LogP contribution is 2.26. The molecule has 0 aliphatic carbocycles. The van der Waals surface area contributed by atoms with Crippen molar-refractivity contribution in [3.8, 4) is 11.4 Å². The minimum absolute atomic E-state index is 0. The van der Waals surface area contributed by atoms with Crippen molar-refractivity contribution in [1.29, 1.82) is 0 Å². The van der Waals surface area contributed by atoms with Gasteiger partial charge < -0.3 is 15.4 Å². The highest BCUT2D eigenvalue weighted by atomic mass is 35.5. The lowest BCUT2D eigenvalue weighted by molar-refractivity contribution is 0.0917. The third-order valence-electron chi connectivity index (χ3n) is 4.65. The van der Waals surface area contributed by atoms with Crippen molar-refractivity contribution in [2.75, 3.05) is 26.7 Å². The predicted octanol–water partition coefficient (Wildman–Crippen LogP) is 2.42. The number of nitrogens with zero attached hydrogens (tertiary/aromatic N) is 2. The van der Waals surface area contributed by atoms with Gasteiger partial charge in [-0.05, 0) is 61.7 Å². The topological polar surface area (TPSA) is 68.2 Å². The Kier molecular flexibility index (Phi) is 6.45. The average Bonchev–Trinajstić information content (AvgIpc) is 3.11. The van der Waals surface area contributed by atoms with Crippen LogP contribution < -0.4 is 15.4 Å². The van der Waals surface area contributed by atoms with E-state index in [1.807, 2.05) is 24.3 Å². The van der Waals surface area contributed by atoms with Crippen LogP contribution in [0.2, 0.25) is 0 Å². The van der Waals surface area contributed by atoms with E-state index in [4.69, 9.17) is 4.74 Å². The lowest BCUT2D eigenvalue weighted by atomic mass is 9.81. The lowest BCUT2D eigenvalue weighted by Gasteiger charge is -2.34. The van der Waals surface area contributed by atoms with Gasteiger partial charge in [0, 0.05) is 12.7 Å². The molecule has 0 unspecified atom stereocenters. The van der Waals surface area contributed by atoms with Gasteiger partial charge in [-0.15, -0.1) is 12.4 Å². The average molecular weight is 365 g/mol. The van der Waals surface area contributed by atoms with Crippen molar-refractivity contribution in [1.82, 2.24) is 20.4 Å². The Balaban J connectivity index is 0.00000225. The number of methoxy groups -OCH3 is 1. The third kappa shape index (κ3) is 4.74. The quantitative estimate of drug-likeness (QED) is 0.855. The standard InChI is InChI=1S/C18H24N4O2.ClH/c1-18(8-10-19-11-9-18)13-20-17(23)16-7-12-22(21-16)14-3-5-15(24-2)6-4-14;/h3-7,12,19H,8-11,13H2,1-2H3,(H,20,23);1H. The highest BCUT2D eigenvalue weighted by Gasteiger charge is 2.27. The Labute approximate surface area is 154 Å². The molecule has 1 saturated heterocycles. The molecule has 136 valence electrons. The number of carbonyl (C=O) groups is 1. The van der Waals surface area contributed by atoms with Gasteiger partial charge in [0.05, 0.1) is 12.8 Å². The minimum atomic E-state index is -0.123. The van der Waals surface area contributed by atoms with Gasteiger partial charge in [-0.2, -0.15) is 5.10 Å². The number of hydrogen-bond donors (Lipinski definition) is 2. The fourth-order valence-electron chi connectivity index (χ4n) is 2.92. The van der Waals surface area contributed by atoms with Gasteiger partial charge in [0.15, 0.2) is 5.69 Å². The van der Waals surface area contributed by atoms with Crippen LogP contribution in [0.1, 0.15) is 30.3 Å². The summed E-state index contributed by atoms with van der Waals surface area (Å²) in [6, 6.07) is 9.29. The molecule has 6 nitrogen and oxygen atoms in total. The van der Waals surface area contributed by atoms with Crippen LogP contribution in [0.15, 0.2) is 36.5 Å². The van der Waals surface area contributed by atoms with Gasteiger partial charge in [0.1, 0.15) is 5.75 Å². The van der Waals surface area contributed by atoms with Crippen LogP contribution in [0, 0.1) is 5.41 Å². The summed E-state index contributed by atoms with van der Waals surface area (Å²) < 4.78 is 6.84. The van der Waals surface area contributed by atoms with Gasteiger partial charge in [-0.3, -0.25) is 4.79 Å².